The molecule has 0 fully saturated rings. The maximum atomic E-state index is 11.7. The summed E-state index contributed by atoms with van der Waals surface area (Å²) in [6.45, 7) is 1.82. The molecule has 2 rings (SSSR count). The minimum atomic E-state index is -3.58. The van der Waals surface area contributed by atoms with E-state index in [2.05, 4.69) is 15.0 Å². The van der Waals surface area contributed by atoms with Crippen LogP contribution in [0.3, 0.4) is 0 Å². The quantitative estimate of drug-likeness (QED) is 0.504. The number of aromatic nitrogens is 4. The highest BCUT2D eigenvalue weighted by Gasteiger charge is 2.17. The summed E-state index contributed by atoms with van der Waals surface area (Å²) in [5.74, 6) is 0.00229. The van der Waals surface area contributed by atoms with Crippen LogP contribution < -0.4 is 11.3 Å². The smallest absolute Gasteiger partial charge is 0.325 e. The number of imidazole rings is 1. The van der Waals surface area contributed by atoms with E-state index in [0.29, 0.717) is 12.2 Å². The average molecular weight is 361 g/mol. The SMILES string of the molecule is COC[C@H](COP(C)(=O)O)OCCn1cnc2c(=O)[nH]c(N)nc21. The van der Waals surface area contributed by atoms with E-state index < -0.39 is 19.3 Å². The van der Waals surface area contributed by atoms with Crippen molar-refractivity contribution in [3.63, 3.8) is 0 Å². The molecule has 0 amide bonds. The highest BCUT2D eigenvalue weighted by molar-refractivity contribution is 7.51. The minimum absolute atomic E-state index is 0.00229. The molecule has 12 heteroatoms. The van der Waals surface area contributed by atoms with Crippen molar-refractivity contribution in [2.45, 2.75) is 12.6 Å². The molecule has 2 heterocycles. The van der Waals surface area contributed by atoms with Crippen molar-refractivity contribution < 1.29 is 23.5 Å². The molecule has 2 aromatic rings. The van der Waals surface area contributed by atoms with Gasteiger partial charge in [-0.25, -0.2) is 4.98 Å². The van der Waals surface area contributed by atoms with Crippen LogP contribution in [0.15, 0.2) is 11.1 Å². The monoisotopic (exact) mass is 361 g/mol. The lowest BCUT2D eigenvalue weighted by Crippen LogP contribution is -2.26. The number of fused-ring (bicyclic) bond motifs is 1. The van der Waals surface area contributed by atoms with Crippen molar-refractivity contribution >= 4 is 24.7 Å². The number of anilines is 1. The Morgan fingerprint density at radius 3 is 2.92 bits per heavy atom. The zero-order chi connectivity index (χ0) is 17.7. The van der Waals surface area contributed by atoms with Gasteiger partial charge in [-0.3, -0.25) is 14.3 Å². The van der Waals surface area contributed by atoms with Gasteiger partial charge in [-0.05, 0) is 0 Å². The zero-order valence-electron chi connectivity index (χ0n) is 13.3. The lowest BCUT2D eigenvalue weighted by molar-refractivity contribution is -0.0292. The summed E-state index contributed by atoms with van der Waals surface area (Å²) in [6, 6.07) is 0. The molecule has 0 aromatic carbocycles. The number of nitrogens with two attached hydrogens (primary N) is 1. The Morgan fingerprint density at radius 2 is 2.25 bits per heavy atom. The Balaban J connectivity index is 1.97. The predicted octanol–water partition coefficient (Wildman–Crippen LogP) is -0.435. The Hall–Kier alpha value is -1.78. The Bertz CT molecular complexity index is 784. The molecule has 2 aromatic heterocycles. The molecule has 0 saturated heterocycles. The second-order valence-corrected chi connectivity index (χ2v) is 6.97. The first-order valence-corrected chi connectivity index (χ1v) is 9.08. The number of aromatic amines is 1. The van der Waals surface area contributed by atoms with Crippen molar-refractivity contribution in [2.24, 2.45) is 0 Å². The van der Waals surface area contributed by atoms with Crippen LogP contribution in [0, 0.1) is 0 Å². The van der Waals surface area contributed by atoms with Gasteiger partial charge in [0.25, 0.3) is 5.56 Å². The second kappa shape index (κ2) is 7.86. The van der Waals surface area contributed by atoms with Crippen LogP contribution in [0.1, 0.15) is 0 Å². The number of H-pyrrole nitrogens is 1. The van der Waals surface area contributed by atoms with Gasteiger partial charge in [0.2, 0.25) is 5.95 Å². The molecule has 0 spiro atoms. The fourth-order valence-electron chi connectivity index (χ4n) is 2.00. The number of nitrogens with one attached hydrogen (secondary N) is 1. The van der Waals surface area contributed by atoms with E-state index in [0.717, 1.165) is 6.66 Å². The van der Waals surface area contributed by atoms with Crippen LogP contribution in [0.4, 0.5) is 5.95 Å². The van der Waals surface area contributed by atoms with Crippen LogP contribution >= 0.6 is 7.60 Å². The van der Waals surface area contributed by atoms with E-state index in [1.165, 1.54) is 13.4 Å². The number of rotatable bonds is 9. The first kappa shape index (κ1) is 18.6. The average Bonchev–Trinajstić information content (AvgIpc) is 2.87. The van der Waals surface area contributed by atoms with Gasteiger partial charge in [-0.15, -0.1) is 0 Å². The van der Waals surface area contributed by atoms with Gasteiger partial charge in [0.05, 0.1) is 26.1 Å². The minimum Gasteiger partial charge on any atom is -0.382 e. The van der Waals surface area contributed by atoms with Gasteiger partial charge in [0, 0.05) is 20.3 Å². The Kier molecular flexibility index (Phi) is 6.08. The molecule has 0 aliphatic carbocycles. The maximum absolute atomic E-state index is 11.7. The van der Waals surface area contributed by atoms with Crippen LogP contribution in [-0.4, -0.2) is 64.1 Å². The standard InChI is InChI=1S/C12H20N5O6P/c1-21-5-8(6-23-24(2,19)20)22-4-3-17-7-14-9-10(17)15-12(13)16-11(9)18/h7-8H,3-6H2,1-2H3,(H,19,20)(H3,13,15,16,18)/t8-/m1/s1. The molecular formula is C12H20N5O6P. The molecule has 1 unspecified atom stereocenters. The number of methoxy groups -OCH3 is 1. The maximum Gasteiger partial charge on any atom is 0.325 e. The van der Waals surface area contributed by atoms with Gasteiger partial charge in [0.1, 0.15) is 6.10 Å². The normalized spacial score (nSPS) is 15.5. The zero-order valence-corrected chi connectivity index (χ0v) is 14.2. The Labute approximate surface area is 137 Å². The molecule has 0 aliphatic heterocycles. The number of hydrogen-bond donors (Lipinski definition) is 3. The number of ether oxygens (including phenoxy) is 2. The molecule has 0 saturated carbocycles. The van der Waals surface area contributed by atoms with E-state index >= 15 is 0 Å². The molecule has 2 atom stereocenters. The van der Waals surface area contributed by atoms with Gasteiger partial charge in [-0.1, -0.05) is 0 Å². The summed E-state index contributed by atoms with van der Waals surface area (Å²) in [4.78, 5) is 31.3. The lowest BCUT2D eigenvalue weighted by Gasteiger charge is -2.18. The summed E-state index contributed by atoms with van der Waals surface area (Å²) in [5, 5.41) is 0. The van der Waals surface area contributed by atoms with Crippen LogP contribution in [0.5, 0.6) is 0 Å². The van der Waals surface area contributed by atoms with Crippen molar-refractivity contribution in [3.8, 4) is 0 Å². The molecule has 0 radical (unpaired) electrons. The summed E-state index contributed by atoms with van der Waals surface area (Å²) in [6.07, 6.45) is 0.956. The van der Waals surface area contributed by atoms with Gasteiger partial charge in [0.15, 0.2) is 11.2 Å². The van der Waals surface area contributed by atoms with Crippen molar-refractivity contribution in [2.75, 3.05) is 39.3 Å². The molecule has 11 nitrogen and oxygen atoms in total. The third kappa shape index (κ3) is 5.11. The van der Waals surface area contributed by atoms with E-state index in [9.17, 15) is 9.36 Å². The summed E-state index contributed by atoms with van der Waals surface area (Å²) in [7, 11) is -2.09. The third-order valence-corrected chi connectivity index (χ3v) is 3.66. The van der Waals surface area contributed by atoms with Crippen LogP contribution in [-0.2, 0) is 25.1 Å². The molecular weight excluding hydrogens is 341 g/mol. The molecule has 24 heavy (non-hydrogen) atoms. The largest absolute Gasteiger partial charge is 0.382 e. The first-order valence-electron chi connectivity index (χ1n) is 7.06. The molecule has 4 N–H and O–H groups in total. The lowest BCUT2D eigenvalue weighted by atomic mass is 10.4. The van der Waals surface area contributed by atoms with Gasteiger partial charge in [-0.2, -0.15) is 4.98 Å². The number of nitrogen functional groups attached to an aromatic ring is 1. The van der Waals surface area contributed by atoms with Crippen molar-refractivity contribution in [1.82, 2.24) is 19.5 Å². The highest BCUT2D eigenvalue weighted by atomic mass is 31.2. The van der Waals surface area contributed by atoms with Crippen LogP contribution in [0.2, 0.25) is 0 Å². The fourth-order valence-corrected chi connectivity index (χ4v) is 2.45. The van der Waals surface area contributed by atoms with Gasteiger partial charge < -0.3 is 29.2 Å². The van der Waals surface area contributed by atoms with Crippen molar-refractivity contribution in [3.05, 3.63) is 16.7 Å². The summed E-state index contributed by atoms with van der Waals surface area (Å²) in [5.41, 5.74) is 5.66. The second-order valence-electron chi connectivity index (χ2n) is 5.11. The summed E-state index contributed by atoms with van der Waals surface area (Å²) >= 11 is 0. The van der Waals surface area contributed by atoms with E-state index in [1.54, 1.807) is 4.57 Å². The number of hydrogen-bond acceptors (Lipinski definition) is 8. The molecule has 0 aliphatic rings. The molecule has 134 valence electrons. The predicted molar refractivity (Wildman–Crippen MR) is 85.9 cm³/mol. The van der Waals surface area contributed by atoms with E-state index in [4.69, 9.17) is 24.6 Å². The number of nitrogens with zero attached hydrogens (tertiary/aromatic N) is 3. The first-order chi connectivity index (χ1) is 11.3. The molecule has 0 bridgehead atoms. The van der Waals surface area contributed by atoms with Gasteiger partial charge >= 0.3 is 7.60 Å². The highest BCUT2D eigenvalue weighted by Crippen LogP contribution is 2.36. The summed E-state index contributed by atoms with van der Waals surface area (Å²) < 4.78 is 28.2. The Morgan fingerprint density at radius 1 is 1.50 bits per heavy atom. The topological polar surface area (TPSA) is 155 Å². The van der Waals surface area contributed by atoms with E-state index in [1.807, 2.05) is 0 Å². The van der Waals surface area contributed by atoms with E-state index in [-0.39, 0.29) is 31.3 Å². The van der Waals surface area contributed by atoms with Crippen LogP contribution in [0.25, 0.3) is 11.2 Å². The fraction of sp³-hybridized carbons (Fsp3) is 0.583. The van der Waals surface area contributed by atoms with Crippen molar-refractivity contribution in [1.29, 1.82) is 0 Å². The third-order valence-electron chi connectivity index (χ3n) is 3.03.